The number of carbonyl (C=O) groups excluding carboxylic acids is 1. The average Bonchev–Trinajstić information content (AvgIpc) is 2.67. The Morgan fingerprint density at radius 2 is 2.00 bits per heavy atom. The molecule has 28 heavy (non-hydrogen) atoms. The van der Waals surface area contributed by atoms with Crippen molar-refractivity contribution in [1.29, 1.82) is 0 Å². The molecule has 1 amide bonds. The summed E-state index contributed by atoms with van der Waals surface area (Å²) in [7, 11) is 2.17. The van der Waals surface area contributed by atoms with Crippen molar-refractivity contribution in [3.8, 4) is 0 Å². The van der Waals surface area contributed by atoms with Crippen molar-refractivity contribution in [2.45, 2.75) is 52.1 Å². The van der Waals surface area contributed by atoms with Gasteiger partial charge in [-0.15, -0.1) is 0 Å². The highest BCUT2D eigenvalue weighted by molar-refractivity contribution is 5.94. The molecule has 1 unspecified atom stereocenters. The van der Waals surface area contributed by atoms with Crippen LogP contribution in [0.15, 0.2) is 24.4 Å². The monoisotopic (exact) mass is 382 g/mol. The van der Waals surface area contributed by atoms with E-state index in [1.54, 1.807) is 12.3 Å². The third-order valence-electron chi connectivity index (χ3n) is 5.17. The Kier molecular flexibility index (Phi) is 6.92. The van der Waals surface area contributed by atoms with E-state index < -0.39 is 0 Å². The fourth-order valence-electron chi connectivity index (χ4n) is 3.64. The Labute approximate surface area is 167 Å². The number of aryl methyl sites for hydroxylation is 2. The molecule has 1 saturated heterocycles. The van der Waals surface area contributed by atoms with E-state index in [0.717, 1.165) is 30.2 Å². The minimum absolute atomic E-state index is 0.0739. The maximum atomic E-state index is 12.3. The van der Waals surface area contributed by atoms with Crippen molar-refractivity contribution in [2.75, 3.05) is 25.5 Å². The molecule has 0 radical (unpaired) electrons. The highest BCUT2D eigenvalue weighted by Crippen LogP contribution is 2.17. The Hall–Kier alpha value is -2.54. The van der Waals surface area contributed by atoms with Crippen molar-refractivity contribution < 1.29 is 4.79 Å². The minimum Gasteiger partial charge on any atom is -0.363 e. The smallest absolute Gasteiger partial charge is 0.252 e. The summed E-state index contributed by atoms with van der Waals surface area (Å²) in [6.45, 7) is 6.25. The maximum Gasteiger partial charge on any atom is 0.252 e. The topological polar surface area (TPSA) is 83.0 Å². The molecule has 3 heterocycles. The number of hydrogen-bond acceptors (Lipinski definition) is 6. The molecule has 0 bridgehead atoms. The van der Waals surface area contributed by atoms with Crippen LogP contribution in [-0.4, -0.2) is 51.9 Å². The second kappa shape index (κ2) is 9.59. The van der Waals surface area contributed by atoms with Gasteiger partial charge in [0, 0.05) is 30.2 Å². The molecule has 1 aliphatic rings. The zero-order valence-corrected chi connectivity index (χ0v) is 17.0. The molecule has 0 spiro atoms. The van der Waals surface area contributed by atoms with Gasteiger partial charge in [-0.2, -0.15) is 0 Å². The summed E-state index contributed by atoms with van der Waals surface area (Å²) in [6, 6.07) is 6.12. The van der Waals surface area contributed by atoms with E-state index in [1.165, 1.54) is 19.3 Å². The van der Waals surface area contributed by atoms with Crippen LogP contribution in [0.3, 0.4) is 0 Å². The predicted molar refractivity (Wildman–Crippen MR) is 110 cm³/mol. The second-order valence-electron chi connectivity index (χ2n) is 7.53. The van der Waals surface area contributed by atoms with E-state index in [2.05, 4.69) is 37.5 Å². The molecule has 0 aromatic carbocycles. The van der Waals surface area contributed by atoms with E-state index in [1.807, 2.05) is 26.0 Å². The molecule has 1 atom stereocenters. The number of amides is 1. The normalized spacial score (nSPS) is 17.3. The summed E-state index contributed by atoms with van der Waals surface area (Å²) >= 11 is 0. The Morgan fingerprint density at radius 1 is 1.21 bits per heavy atom. The molecule has 0 saturated carbocycles. The Morgan fingerprint density at radius 3 is 2.68 bits per heavy atom. The number of nitrogens with one attached hydrogen (secondary N) is 2. The van der Waals surface area contributed by atoms with Crippen LogP contribution in [0.4, 0.5) is 5.82 Å². The van der Waals surface area contributed by atoms with Gasteiger partial charge < -0.3 is 15.5 Å². The van der Waals surface area contributed by atoms with E-state index >= 15 is 0 Å². The third kappa shape index (κ3) is 5.73. The van der Waals surface area contributed by atoms with Crippen molar-refractivity contribution in [3.63, 3.8) is 0 Å². The minimum atomic E-state index is -0.0739. The third-order valence-corrected chi connectivity index (χ3v) is 5.17. The molecule has 3 rings (SSSR count). The first-order valence-corrected chi connectivity index (χ1v) is 10.0. The van der Waals surface area contributed by atoms with Crippen molar-refractivity contribution >= 4 is 11.7 Å². The summed E-state index contributed by atoms with van der Waals surface area (Å²) in [6.07, 6.45) is 6.38. The van der Waals surface area contributed by atoms with E-state index in [4.69, 9.17) is 0 Å². The van der Waals surface area contributed by atoms with Gasteiger partial charge in [-0.3, -0.25) is 4.79 Å². The highest BCUT2D eigenvalue weighted by atomic mass is 16.1. The molecule has 7 heteroatoms. The van der Waals surface area contributed by atoms with E-state index in [0.29, 0.717) is 30.5 Å². The molecule has 0 aliphatic carbocycles. The number of nitrogens with zero attached hydrogens (tertiary/aromatic N) is 4. The van der Waals surface area contributed by atoms with Gasteiger partial charge in [0.25, 0.3) is 5.91 Å². The van der Waals surface area contributed by atoms with Gasteiger partial charge in [-0.05, 0) is 64.9 Å². The van der Waals surface area contributed by atoms with Crippen molar-refractivity contribution in [1.82, 2.24) is 25.2 Å². The van der Waals surface area contributed by atoms with Gasteiger partial charge in [0.15, 0.2) is 0 Å². The number of anilines is 1. The first-order chi connectivity index (χ1) is 13.5. The Bertz CT molecular complexity index is 772. The zero-order valence-electron chi connectivity index (χ0n) is 17.0. The van der Waals surface area contributed by atoms with Gasteiger partial charge in [-0.25, -0.2) is 15.0 Å². The number of hydrogen-bond donors (Lipinski definition) is 2. The Balaban J connectivity index is 1.45. The van der Waals surface area contributed by atoms with Crippen LogP contribution in [0.1, 0.15) is 53.3 Å². The summed E-state index contributed by atoms with van der Waals surface area (Å²) in [4.78, 5) is 27.9. The summed E-state index contributed by atoms with van der Waals surface area (Å²) in [5, 5.41) is 6.21. The van der Waals surface area contributed by atoms with Crippen molar-refractivity contribution in [3.05, 3.63) is 47.2 Å². The fraction of sp³-hybridized carbons (Fsp3) is 0.524. The molecular weight excluding hydrogens is 352 g/mol. The van der Waals surface area contributed by atoms with Gasteiger partial charge in [0.05, 0.1) is 12.1 Å². The second-order valence-corrected chi connectivity index (χ2v) is 7.53. The first-order valence-electron chi connectivity index (χ1n) is 10.0. The SMILES string of the molecule is Cc1cc(C)nc(CNc2ccc(C(=O)NCCC3CCCCN3C)cn2)n1. The largest absolute Gasteiger partial charge is 0.363 e. The maximum absolute atomic E-state index is 12.3. The predicted octanol–water partition coefficient (Wildman–Crippen LogP) is 2.70. The quantitative estimate of drug-likeness (QED) is 0.766. The molecular formula is C21H30N6O. The number of pyridine rings is 1. The van der Waals surface area contributed by atoms with Gasteiger partial charge in [0.1, 0.15) is 11.6 Å². The standard InChI is InChI=1S/C21H30N6O/c1-15-12-16(2)26-20(25-15)14-24-19-8-7-17(13-23-19)21(28)22-10-9-18-6-4-5-11-27(18)3/h7-8,12-13,18H,4-6,9-11,14H2,1-3H3,(H,22,28)(H,23,24). The number of likely N-dealkylation sites (tertiary alicyclic amines) is 1. The number of rotatable bonds is 7. The lowest BCUT2D eigenvalue weighted by molar-refractivity contribution is 0.0945. The fourth-order valence-corrected chi connectivity index (χ4v) is 3.64. The molecule has 2 N–H and O–H groups in total. The van der Waals surface area contributed by atoms with Crippen LogP contribution in [0.2, 0.25) is 0 Å². The molecule has 150 valence electrons. The number of aromatic nitrogens is 3. The summed E-state index contributed by atoms with van der Waals surface area (Å²) in [5.41, 5.74) is 2.47. The lowest BCUT2D eigenvalue weighted by Gasteiger charge is -2.32. The molecule has 2 aromatic heterocycles. The lowest BCUT2D eigenvalue weighted by Crippen LogP contribution is -2.39. The van der Waals surface area contributed by atoms with Crippen molar-refractivity contribution in [2.24, 2.45) is 0 Å². The van der Waals surface area contributed by atoms with Gasteiger partial charge in [-0.1, -0.05) is 6.42 Å². The van der Waals surface area contributed by atoms with Gasteiger partial charge >= 0.3 is 0 Å². The summed E-state index contributed by atoms with van der Waals surface area (Å²) in [5.74, 6) is 1.35. The van der Waals surface area contributed by atoms with Crippen LogP contribution in [0.25, 0.3) is 0 Å². The first kappa shape index (κ1) is 20.2. The van der Waals surface area contributed by atoms with E-state index in [9.17, 15) is 4.79 Å². The zero-order chi connectivity index (χ0) is 19.9. The number of piperidine rings is 1. The number of carbonyl (C=O) groups is 1. The molecule has 2 aromatic rings. The highest BCUT2D eigenvalue weighted by Gasteiger charge is 2.18. The average molecular weight is 383 g/mol. The lowest BCUT2D eigenvalue weighted by atomic mass is 10.0. The van der Waals surface area contributed by atoms with Crippen LogP contribution in [-0.2, 0) is 6.54 Å². The van der Waals surface area contributed by atoms with E-state index in [-0.39, 0.29) is 5.91 Å². The van der Waals surface area contributed by atoms with Crippen LogP contribution in [0.5, 0.6) is 0 Å². The van der Waals surface area contributed by atoms with Crippen LogP contribution < -0.4 is 10.6 Å². The molecule has 1 fully saturated rings. The molecule has 7 nitrogen and oxygen atoms in total. The molecule has 1 aliphatic heterocycles. The summed E-state index contributed by atoms with van der Waals surface area (Å²) < 4.78 is 0. The van der Waals surface area contributed by atoms with Crippen LogP contribution in [0, 0.1) is 13.8 Å². The van der Waals surface area contributed by atoms with Gasteiger partial charge in [0.2, 0.25) is 0 Å². The van der Waals surface area contributed by atoms with Crippen LogP contribution >= 0.6 is 0 Å².